The Morgan fingerprint density at radius 3 is 2.18 bits per heavy atom. The highest BCUT2D eigenvalue weighted by molar-refractivity contribution is 7.47. The van der Waals surface area contributed by atoms with E-state index in [1.165, 1.54) is 108 Å². The summed E-state index contributed by atoms with van der Waals surface area (Å²) in [5.41, 5.74) is 8.78. The smallest absolute Gasteiger partial charge is 0.382 e. The van der Waals surface area contributed by atoms with Gasteiger partial charge in [-0.2, -0.15) is 5.10 Å². The quantitative estimate of drug-likeness (QED) is 0.0530. The summed E-state index contributed by atoms with van der Waals surface area (Å²) < 4.78 is 37.8. The molecule has 0 amide bonds. The van der Waals surface area contributed by atoms with Crippen molar-refractivity contribution in [2.45, 2.75) is 148 Å². The lowest BCUT2D eigenvalue weighted by Gasteiger charge is -2.20. The SMILES string of the molecule is CCCCCCCCCCCCCCCCCCOCC(CCc1ccccc1)COP(=O)(O)OCC1CCC(c2ccc3c(N)ncnn23)O1. The molecule has 0 saturated carbocycles. The lowest BCUT2D eigenvalue weighted by Crippen LogP contribution is -2.19. The fourth-order valence-electron chi connectivity index (χ4n) is 6.91. The van der Waals surface area contributed by atoms with Crippen molar-refractivity contribution in [3.8, 4) is 0 Å². The predicted octanol–water partition coefficient (Wildman–Crippen LogP) is 10.2. The zero-order valence-corrected chi connectivity index (χ0v) is 32.1. The molecule has 3 aromatic rings. The normalized spacial score (nSPS) is 18.0. The molecule has 1 aromatic carbocycles. The Labute approximate surface area is 306 Å². The minimum Gasteiger partial charge on any atom is -0.382 e. The van der Waals surface area contributed by atoms with E-state index in [0.29, 0.717) is 25.5 Å². The lowest BCUT2D eigenvalue weighted by atomic mass is 10.0. The second-order valence-corrected chi connectivity index (χ2v) is 15.8. The van der Waals surface area contributed by atoms with Gasteiger partial charge < -0.3 is 20.1 Å². The van der Waals surface area contributed by atoms with Crippen LogP contribution in [0.2, 0.25) is 0 Å². The molecular weight excluding hydrogens is 663 g/mol. The van der Waals surface area contributed by atoms with Crippen molar-refractivity contribution in [3.63, 3.8) is 0 Å². The first-order valence-electron chi connectivity index (χ1n) is 19.9. The van der Waals surface area contributed by atoms with Crippen LogP contribution in [0.15, 0.2) is 48.8 Å². The molecule has 0 bridgehead atoms. The number of anilines is 1. The highest BCUT2D eigenvalue weighted by Crippen LogP contribution is 2.45. The van der Waals surface area contributed by atoms with Crippen molar-refractivity contribution < 1.29 is 28.0 Å². The molecule has 1 aliphatic rings. The molecule has 1 fully saturated rings. The largest absolute Gasteiger partial charge is 0.472 e. The van der Waals surface area contributed by atoms with Crippen molar-refractivity contribution in [2.24, 2.45) is 5.92 Å². The molecule has 0 spiro atoms. The van der Waals surface area contributed by atoms with Crippen molar-refractivity contribution in [2.75, 3.05) is 32.2 Å². The summed E-state index contributed by atoms with van der Waals surface area (Å²) in [6, 6.07) is 14.1. The number of nitrogens with two attached hydrogens (primary N) is 1. The van der Waals surface area contributed by atoms with E-state index in [4.69, 9.17) is 24.3 Å². The van der Waals surface area contributed by atoms with Crippen LogP contribution in [-0.2, 0) is 29.5 Å². The first-order valence-corrected chi connectivity index (χ1v) is 21.4. The molecule has 3 N–H and O–H groups in total. The zero-order valence-electron chi connectivity index (χ0n) is 31.2. The van der Waals surface area contributed by atoms with Crippen molar-refractivity contribution >= 4 is 19.2 Å². The van der Waals surface area contributed by atoms with Gasteiger partial charge >= 0.3 is 7.82 Å². The van der Waals surface area contributed by atoms with Crippen LogP contribution in [0.1, 0.15) is 146 Å². The number of aromatic nitrogens is 3. The molecule has 1 saturated heterocycles. The zero-order chi connectivity index (χ0) is 36.0. The molecule has 1 aliphatic heterocycles. The van der Waals surface area contributed by atoms with Gasteiger partial charge in [0.25, 0.3) is 0 Å². The number of rotatable bonds is 29. The first-order chi connectivity index (χ1) is 24.9. The fourth-order valence-corrected chi connectivity index (χ4v) is 7.74. The van der Waals surface area contributed by atoms with E-state index in [2.05, 4.69) is 29.1 Å². The Morgan fingerprint density at radius 2 is 1.51 bits per heavy atom. The maximum absolute atomic E-state index is 12.9. The van der Waals surface area contributed by atoms with Crippen LogP contribution in [-0.4, -0.2) is 52.0 Å². The van der Waals surface area contributed by atoms with Gasteiger partial charge in [0.15, 0.2) is 5.82 Å². The predicted molar refractivity (Wildman–Crippen MR) is 205 cm³/mol. The van der Waals surface area contributed by atoms with Crippen LogP contribution in [0.4, 0.5) is 5.82 Å². The van der Waals surface area contributed by atoms with Crippen LogP contribution in [0.5, 0.6) is 0 Å². The Balaban J connectivity index is 1.07. The van der Waals surface area contributed by atoms with Gasteiger partial charge in [-0.25, -0.2) is 14.1 Å². The average Bonchev–Trinajstić information content (AvgIpc) is 3.80. The minimum absolute atomic E-state index is 0.0282. The van der Waals surface area contributed by atoms with Gasteiger partial charge in [-0.1, -0.05) is 134 Å². The summed E-state index contributed by atoms with van der Waals surface area (Å²) >= 11 is 0. The minimum atomic E-state index is -4.28. The third-order valence-electron chi connectivity index (χ3n) is 10.0. The Kier molecular flexibility index (Phi) is 19.6. The van der Waals surface area contributed by atoms with E-state index < -0.39 is 7.82 Å². The molecule has 2 aromatic heterocycles. The van der Waals surface area contributed by atoms with E-state index in [1.807, 2.05) is 30.3 Å². The highest BCUT2D eigenvalue weighted by atomic mass is 31.2. The second kappa shape index (κ2) is 24.1. The number of phosphoric acid groups is 1. The van der Waals surface area contributed by atoms with E-state index in [9.17, 15) is 9.46 Å². The molecule has 4 rings (SSSR count). The third-order valence-corrected chi connectivity index (χ3v) is 11.0. The van der Waals surface area contributed by atoms with Crippen LogP contribution in [0, 0.1) is 5.92 Å². The van der Waals surface area contributed by atoms with Crippen molar-refractivity contribution in [1.82, 2.24) is 14.6 Å². The molecule has 3 heterocycles. The Hall–Kier alpha value is -2.33. The fraction of sp³-hybridized carbons (Fsp3) is 0.700. The number of nitrogen functional groups attached to an aromatic ring is 1. The molecule has 51 heavy (non-hydrogen) atoms. The van der Waals surface area contributed by atoms with Gasteiger partial charge in [0, 0.05) is 12.5 Å². The number of aryl methyl sites for hydroxylation is 1. The summed E-state index contributed by atoms with van der Waals surface area (Å²) in [4.78, 5) is 14.6. The second-order valence-electron chi connectivity index (χ2n) is 14.4. The summed E-state index contributed by atoms with van der Waals surface area (Å²) in [6.07, 6.45) is 25.4. The third kappa shape index (κ3) is 16.1. The van der Waals surface area contributed by atoms with Crippen LogP contribution >= 0.6 is 7.82 Å². The van der Waals surface area contributed by atoms with Crippen molar-refractivity contribution in [3.05, 3.63) is 60.0 Å². The Morgan fingerprint density at radius 1 is 0.863 bits per heavy atom. The van der Waals surface area contributed by atoms with Gasteiger partial charge in [0.2, 0.25) is 0 Å². The number of benzene rings is 1. The molecular formula is C40H65N4O6P. The maximum atomic E-state index is 12.9. The molecule has 4 atom stereocenters. The van der Waals surface area contributed by atoms with Gasteiger partial charge in [0.1, 0.15) is 17.9 Å². The number of phosphoric ester groups is 1. The molecule has 4 unspecified atom stereocenters. The number of nitrogens with zero attached hydrogens (tertiary/aromatic N) is 3. The van der Waals surface area contributed by atoms with Gasteiger partial charge in [0.05, 0.1) is 31.6 Å². The Bertz CT molecular complexity index is 1390. The van der Waals surface area contributed by atoms with Crippen LogP contribution < -0.4 is 5.73 Å². The molecule has 11 heteroatoms. The molecule has 10 nitrogen and oxygen atoms in total. The number of fused-ring (bicyclic) bond motifs is 1. The topological polar surface area (TPSA) is 130 Å². The average molecular weight is 729 g/mol. The lowest BCUT2D eigenvalue weighted by molar-refractivity contribution is 0.00181. The van der Waals surface area contributed by atoms with Crippen LogP contribution in [0.25, 0.3) is 5.52 Å². The van der Waals surface area contributed by atoms with Gasteiger partial charge in [-0.3, -0.25) is 9.05 Å². The summed E-state index contributed by atoms with van der Waals surface area (Å²) in [5.74, 6) is 0.375. The summed E-state index contributed by atoms with van der Waals surface area (Å²) in [7, 11) is -4.28. The van der Waals surface area contributed by atoms with E-state index in [-0.39, 0.29) is 31.3 Å². The van der Waals surface area contributed by atoms with Gasteiger partial charge in [-0.05, 0) is 49.8 Å². The molecule has 0 aliphatic carbocycles. The highest BCUT2D eigenvalue weighted by Gasteiger charge is 2.32. The van der Waals surface area contributed by atoms with Crippen molar-refractivity contribution in [1.29, 1.82) is 0 Å². The van der Waals surface area contributed by atoms with E-state index in [1.54, 1.807) is 4.52 Å². The van der Waals surface area contributed by atoms with E-state index in [0.717, 1.165) is 36.9 Å². The van der Waals surface area contributed by atoms with Crippen LogP contribution in [0.3, 0.4) is 0 Å². The number of hydrogen-bond acceptors (Lipinski definition) is 8. The first kappa shape index (κ1) is 41.4. The summed E-state index contributed by atoms with van der Waals surface area (Å²) in [6.45, 7) is 3.52. The summed E-state index contributed by atoms with van der Waals surface area (Å²) in [5, 5.41) is 4.30. The molecule has 286 valence electrons. The van der Waals surface area contributed by atoms with Gasteiger partial charge in [-0.15, -0.1) is 0 Å². The maximum Gasteiger partial charge on any atom is 0.472 e. The number of unbranched alkanes of at least 4 members (excludes halogenated alkanes) is 15. The number of ether oxygens (including phenoxy) is 2. The number of hydrogen-bond donors (Lipinski definition) is 2. The monoisotopic (exact) mass is 728 g/mol. The van der Waals surface area contributed by atoms with E-state index >= 15 is 0 Å². The standard InChI is InChI=1S/C40H65N4O6P/c1-2-3-4-5-6-7-8-9-10-11-12-13-14-15-16-20-29-47-30-35(24-23-34-21-18-17-19-22-34)31-48-51(45,46)49-32-36-25-28-39(50-36)37-26-27-38-40(41)42-33-43-44(37)38/h17-19,21-22,26-27,33,35-36,39H,2-16,20,23-25,28-32H2,1H3,(H,45,46)(H2,41,42,43). The molecule has 0 radical (unpaired) electrons.